The van der Waals surface area contributed by atoms with E-state index in [0.29, 0.717) is 0 Å². The van der Waals surface area contributed by atoms with Gasteiger partial charge in [-0.15, -0.1) is 0 Å². The number of para-hydroxylation sites is 3. The smallest absolute Gasteiger partial charge is 0.137 e. The zero-order valence-electron chi connectivity index (χ0n) is 38.1. The minimum atomic E-state index is -0.459. The number of benzene rings is 11. The molecule has 0 atom stereocenters. The molecular formula is C67H42N2O. The minimum Gasteiger partial charge on any atom is -0.456 e. The summed E-state index contributed by atoms with van der Waals surface area (Å²) in [5.41, 5.74) is 23.2. The predicted molar refractivity (Wildman–Crippen MR) is 290 cm³/mol. The Morgan fingerprint density at radius 3 is 1.61 bits per heavy atom. The molecule has 2 aliphatic rings. The third-order valence-electron chi connectivity index (χ3n) is 15.2. The number of anilines is 3. The highest BCUT2D eigenvalue weighted by Crippen LogP contribution is 2.63. The Morgan fingerprint density at radius 2 is 0.857 bits per heavy atom. The fraction of sp³-hybridized carbons (Fsp3) is 0.0149. The second kappa shape index (κ2) is 14.9. The summed E-state index contributed by atoms with van der Waals surface area (Å²) in [6.07, 6.45) is 0. The summed E-state index contributed by atoms with van der Waals surface area (Å²) in [5.74, 6) is 0. The van der Waals surface area contributed by atoms with Crippen molar-refractivity contribution in [1.29, 1.82) is 0 Å². The lowest BCUT2D eigenvalue weighted by molar-refractivity contribution is 0.669. The van der Waals surface area contributed by atoms with Crippen LogP contribution in [0, 0.1) is 0 Å². The molecule has 70 heavy (non-hydrogen) atoms. The molecule has 0 amide bonds. The summed E-state index contributed by atoms with van der Waals surface area (Å²) < 4.78 is 8.94. The van der Waals surface area contributed by atoms with Crippen molar-refractivity contribution in [3.63, 3.8) is 0 Å². The van der Waals surface area contributed by atoms with E-state index in [9.17, 15) is 0 Å². The highest BCUT2D eigenvalue weighted by molar-refractivity contribution is 6.16. The standard InChI is InChI=1S/C67H42N2O/c1-2-18-46(19-3-1)69-62-29-12-7-24-57(62)66-50(25-15-30-63(66)69)45-17-14-16-44(40-45)43-32-34-47(35-33-43)68(49-37-39-56-55-23-8-13-31-64(55)70-65(56)42-49)48-36-38-54-53-22-6-11-28-60(53)67(61(54)41-48)58-26-9-4-20-51(58)52-21-5-10-27-59(52)67/h1-42H. The first-order valence-corrected chi connectivity index (χ1v) is 24.2. The third kappa shape index (κ3) is 5.46. The summed E-state index contributed by atoms with van der Waals surface area (Å²) in [7, 11) is 0. The van der Waals surface area contributed by atoms with Crippen molar-refractivity contribution in [2.75, 3.05) is 4.90 Å². The Morgan fingerprint density at radius 1 is 0.314 bits per heavy atom. The van der Waals surface area contributed by atoms with E-state index in [-0.39, 0.29) is 0 Å². The maximum absolute atomic E-state index is 6.56. The van der Waals surface area contributed by atoms with E-state index in [1.54, 1.807) is 0 Å². The van der Waals surface area contributed by atoms with Gasteiger partial charge < -0.3 is 13.9 Å². The Hall–Kier alpha value is -9.18. The molecule has 2 aromatic heterocycles. The summed E-state index contributed by atoms with van der Waals surface area (Å²) in [6, 6.07) is 93.5. The van der Waals surface area contributed by atoms with Crippen molar-refractivity contribution in [1.82, 2.24) is 4.57 Å². The molecule has 0 unspecified atom stereocenters. The second-order valence-corrected chi connectivity index (χ2v) is 18.7. The number of nitrogens with zero attached hydrogens (tertiary/aromatic N) is 2. The van der Waals surface area contributed by atoms with Gasteiger partial charge in [-0.05, 0) is 140 Å². The van der Waals surface area contributed by atoms with Crippen LogP contribution in [0.4, 0.5) is 17.1 Å². The topological polar surface area (TPSA) is 21.3 Å². The van der Waals surface area contributed by atoms with Crippen molar-refractivity contribution < 1.29 is 4.42 Å². The normalized spacial score (nSPS) is 13.0. The summed E-state index contributed by atoms with van der Waals surface area (Å²) in [5, 5.41) is 4.74. The van der Waals surface area contributed by atoms with Crippen molar-refractivity contribution in [2.24, 2.45) is 0 Å². The molecule has 11 aromatic carbocycles. The molecule has 0 saturated heterocycles. The van der Waals surface area contributed by atoms with Gasteiger partial charge in [-0.1, -0.05) is 176 Å². The van der Waals surface area contributed by atoms with Gasteiger partial charge in [0.25, 0.3) is 0 Å². The molecule has 1 spiro atoms. The maximum Gasteiger partial charge on any atom is 0.137 e. The molecule has 0 aliphatic heterocycles. The van der Waals surface area contributed by atoms with Crippen LogP contribution in [0.2, 0.25) is 0 Å². The Labute approximate surface area is 405 Å². The van der Waals surface area contributed by atoms with Gasteiger partial charge in [-0.2, -0.15) is 0 Å². The molecule has 0 saturated carbocycles. The number of hydrogen-bond acceptors (Lipinski definition) is 2. The van der Waals surface area contributed by atoms with Gasteiger partial charge in [0.15, 0.2) is 0 Å². The Bertz CT molecular complexity index is 4190. The van der Waals surface area contributed by atoms with Crippen LogP contribution in [-0.2, 0) is 5.41 Å². The molecular weight excluding hydrogens is 849 g/mol. The largest absolute Gasteiger partial charge is 0.456 e. The van der Waals surface area contributed by atoms with Gasteiger partial charge in [-0.3, -0.25) is 0 Å². The number of hydrogen-bond donors (Lipinski definition) is 0. The van der Waals surface area contributed by atoms with Gasteiger partial charge in [-0.25, -0.2) is 0 Å². The molecule has 2 aliphatic carbocycles. The maximum atomic E-state index is 6.56. The molecule has 2 heterocycles. The van der Waals surface area contributed by atoms with E-state index in [1.165, 1.54) is 83.0 Å². The first-order valence-electron chi connectivity index (χ1n) is 24.2. The van der Waals surface area contributed by atoms with Gasteiger partial charge >= 0.3 is 0 Å². The van der Waals surface area contributed by atoms with Gasteiger partial charge in [0.05, 0.1) is 16.4 Å². The van der Waals surface area contributed by atoms with Crippen molar-refractivity contribution in [2.45, 2.75) is 5.41 Å². The van der Waals surface area contributed by atoms with E-state index >= 15 is 0 Å². The average Bonchev–Trinajstić information content (AvgIpc) is 4.15. The Balaban J connectivity index is 0.884. The van der Waals surface area contributed by atoms with Crippen LogP contribution in [0.25, 0.3) is 93.9 Å². The molecule has 0 radical (unpaired) electrons. The molecule has 13 aromatic rings. The van der Waals surface area contributed by atoms with Gasteiger partial charge in [0.2, 0.25) is 0 Å². The van der Waals surface area contributed by atoms with Crippen LogP contribution in [-0.4, -0.2) is 4.57 Å². The lowest BCUT2D eigenvalue weighted by atomic mass is 9.70. The predicted octanol–water partition coefficient (Wildman–Crippen LogP) is 17.8. The lowest BCUT2D eigenvalue weighted by Gasteiger charge is -2.32. The molecule has 326 valence electrons. The molecule has 3 nitrogen and oxygen atoms in total. The third-order valence-corrected chi connectivity index (χ3v) is 15.2. The fourth-order valence-electron chi connectivity index (χ4n) is 12.3. The van der Waals surface area contributed by atoms with Crippen LogP contribution in [0.15, 0.2) is 259 Å². The van der Waals surface area contributed by atoms with E-state index in [1.807, 2.05) is 6.07 Å². The first-order chi connectivity index (χ1) is 34.7. The quantitative estimate of drug-likeness (QED) is 0.166. The number of furan rings is 1. The summed E-state index contributed by atoms with van der Waals surface area (Å²) in [4.78, 5) is 2.40. The lowest BCUT2D eigenvalue weighted by Crippen LogP contribution is -2.26. The SMILES string of the molecule is c1ccc(-n2c3ccccc3c3c(-c4cccc(-c5ccc(N(c6ccc7c(c6)C6(c8ccccc8-c8ccccc86)c6ccccc6-7)c6ccc7c(c6)oc6ccccc67)cc5)c4)cccc32)cc1. The van der Waals surface area contributed by atoms with Crippen LogP contribution >= 0.6 is 0 Å². The van der Waals surface area contributed by atoms with E-state index in [2.05, 4.69) is 258 Å². The van der Waals surface area contributed by atoms with Crippen LogP contribution in [0.1, 0.15) is 22.3 Å². The minimum absolute atomic E-state index is 0.459. The second-order valence-electron chi connectivity index (χ2n) is 18.7. The summed E-state index contributed by atoms with van der Waals surface area (Å²) >= 11 is 0. The van der Waals surface area contributed by atoms with Gasteiger partial charge in [0, 0.05) is 50.4 Å². The molecule has 0 N–H and O–H groups in total. The Kier molecular flexibility index (Phi) is 8.28. The van der Waals surface area contributed by atoms with Gasteiger partial charge in [0.1, 0.15) is 11.2 Å². The van der Waals surface area contributed by atoms with Crippen molar-refractivity contribution in [3.8, 4) is 50.2 Å². The van der Waals surface area contributed by atoms with Crippen molar-refractivity contribution >= 4 is 60.8 Å². The monoisotopic (exact) mass is 890 g/mol. The average molecular weight is 891 g/mol. The first kappa shape index (κ1) is 38.9. The number of aromatic nitrogens is 1. The number of rotatable bonds is 6. The van der Waals surface area contributed by atoms with Crippen LogP contribution in [0.3, 0.4) is 0 Å². The summed E-state index contributed by atoms with van der Waals surface area (Å²) in [6.45, 7) is 0. The highest BCUT2D eigenvalue weighted by atomic mass is 16.3. The van der Waals surface area contributed by atoms with E-state index in [0.717, 1.165) is 50.3 Å². The highest BCUT2D eigenvalue weighted by Gasteiger charge is 2.51. The van der Waals surface area contributed by atoms with Crippen LogP contribution in [0.5, 0.6) is 0 Å². The molecule has 0 bridgehead atoms. The van der Waals surface area contributed by atoms with E-state index < -0.39 is 5.41 Å². The molecule has 3 heteroatoms. The van der Waals surface area contributed by atoms with Crippen molar-refractivity contribution in [3.05, 3.63) is 277 Å². The zero-order chi connectivity index (χ0) is 45.9. The number of fused-ring (bicyclic) bond motifs is 16. The fourth-order valence-corrected chi connectivity index (χ4v) is 12.3. The zero-order valence-corrected chi connectivity index (χ0v) is 38.1. The van der Waals surface area contributed by atoms with Crippen LogP contribution < -0.4 is 4.90 Å². The van der Waals surface area contributed by atoms with E-state index in [4.69, 9.17) is 4.42 Å². The molecule has 15 rings (SSSR count). The molecule has 0 fully saturated rings.